The number of aryl methyl sites for hydroxylation is 2. The zero-order chi connectivity index (χ0) is 12.8. The Morgan fingerprint density at radius 3 is 2.89 bits per heavy atom. The largest absolute Gasteiger partial charge is 0.311 e. The molecule has 3 rings (SSSR count). The molecule has 1 aliphatic rings. The fourth-order valence-corrected chi connectivity index (χ4v) is 3.58. The van der Waals surface area contributed by atoms with E-state index in [1.165, 1.54) is 36.3 Å². The van der Waals surface area contributed by atoms with Gasteiger partial charge in [-0.25, -0.2) is 4.98 Å². The van der Waals surface area contributed by atoms with Crippen molar-refractivity contribution < 1.29 is 0 Å². The molecule has 0 unspecified atom stereocenters. The van der Waals surface area contributed by atoms with Crippen molar-refractivity contribution in [1.29, 1.82) is 0 Å². The van der Waals surface area contributed by atoms with Gasteiger partial charge in [-0.05, 0) is 38.5 Å². The van der Waals surface area contributed by atoms with Crippen molar-refractivity contribution in [2.24, 2.45) is 5.41 Å². The monoisotopic (exact) mass is 263 g/mol. The molecule has 0 bridgehead atoms. The van der Waals surface area contributed by atoms with E-state index in [1.54, 1.807) is 11.3 Å². The molecular weight excluding hydrogens is 242 g/mol. The van der Waals surface area contributed by atoms with Crippen LogP contribution in [0.2, 0.25) is 0 Å². The van der Waals surface area contributed by atoms with E-state index in [9.17, 15) is 0 Å². The topological polar surface area (TPSA) is 29.3 Å². The van der Waals surface area contributed by atoms with Crippen molar-refractivity contribution in [3.8, 4) is 0 Å². The fraction of sp³-hybridized carbons (Fsp3) is 0.643. The summed E-state index contributed by atoms with van der Waals surface area (Å²) in [5.74, 6) is 0. The number of rotatable bonds is 5. The van der Waals surface area contributed by atoms with Crippen LogP contribution >= 0.6 is 11.3 Å². The molecule has 18 heavy (non-hydrogen) atoms. The summed E-state index contributed by atoms with van der Waals surface area (Å²) in [6, 6.07) is 0. The Hall–Kier alpha value is -0.870. The number of imidazole rings is 1. The highest BCUT2D eigenvalue weighted by atomic mass is 32.1. The Bertz CT molecular complexity index is 563. The fourth-order valence-electron chi connectivity index (χ4n) is 2.65. The maximum atomic E-state index is 4.63. The second kappa shape index (κ2) is 4.35. The van der Waals surface area contributed by atoms with Crippen LogP contribution in [0.1, 0.15) is 43.3 Å². The Morgan fingerprint density at radius 2 is 2.22 bits per heavy atom. The van der Waals surface area contributed by atoms with Gasteiger partial charge in [0.1, 0.15) is 0 Å². The van der Waals surface area contributed by atoms with Gasteiger partial charge >= 0.3 is 0 Å². The lowest BCUT2D eigenvalue weighted by atomic mass is 10.0. The van der Waals surface area contributed by atoms with Crippen LogP contribution in [0.5, 0.6) is 0 Å². The third-order valence-electron chi connectivity index (χ3n) is 4.33. The van der Waals surface area contributed by atoms with E-state index in [-0.39, 0.29) is 0 Å². The Balaban J connectivity index is 1.74. The van der Waals surface area contributed by atoms with Gasteiger partial charge in [0, 0.05) is 24.2 Å². The number of nitrogens with one attached hydrogen (secondary N) is 1. The summed E-state index contributed by atoms with van der Waals surface area (Å²) in [6.45, 7) is 8.66. The summed E-state index contributed by atoms with van der Waals surface area (Å²) < 4.78 is 2.29. The molecule has 1 fully saturated rings. The zero-order valence-electron chi connectivity index (χ0n) is 11.4. The van der Waals surface area contributed by atoms with E-state index in [0.717, 1.165) is 18.1 Å². The maximum Gasteiger partial charge on any atom is 0.194 e. The van der Waals surface area contributed by atoms with Crippen molar-refractivity contribution in [1.82, 2.24) is 14.7 Å². The van der Waals surface area contributed by atoms with Crippen LogP contribution in [-0.2, 0) is 6.54 Å². The first-order valence-electron chi connectivity index (χ1n) is 6.78. The highest BCUT2D eigenvalue weighted by molar-refractivity contribution is 7.15. The number of nitrogens with zero attached hydrogens (tertiary/aromatic N) is 2. The van der Waals surface area contributed by atoms with E-state index >= 15 is 0 Å². The van der Waals surface area contributed by atoms with E-state index in [0.29, 0.717) is 5.41 Å². The van der Waals surface area contributed by atoms with Crippen LogP contribution in [0.25, 0.3) is 4.96 Å². The first kappa shape index (κ1) is 12.2. The van der Waals surface area contributed by atoms with Crippen LogP contribution in [0, 0.1) is 19.3 Å². The molecule has 1 aliphatic carbocycles. The highest BCUT2D eigenvalue weighted by Gasteiger charge is 2.39. The van der Waals surface area contributed by atoms with E-state index in [4.69, 9.17) is 0 Å². The quantitative estimate of drug-likeness (QED) is 0.897. The van der Waals surface area contributed by atoms with Crippen molar-refractivity contribution in [3.63, 3.8) is 0 Å². The van der Waals surface area contributed by atoms with Gasteiger partial charge in [-0.2, -0.15) is 0 Å². The molecule has 0 saturated heterocycles. The molecule has 0 aromatic carbocycles. The molecule has 0 radical (unpaired) electrons. The normalized spacial score (nSPS) is 17.5. The molecule has 2 heterocycles. The Labute approximate surface area is 112 Å². The van der Waals surface area contributed by atoms with E-state index in [1.807, 2.05) is 0 Å². The molecular formula is C14H21N3S. The number of hydrogen-bond donors (Lipinski definition) is 1. The minimum Gasteiger partial charge on any atom is -0.311 e. The Kier molecular flexibility index (Phi) is 2.94. The lowest BCUT2D eigenvalue weighted by Gasteiger charge is -2.13. The van der Waals surface area contributed by atoms with Gasteiger partial charge in [0.05, 0.1) is 11.4 Å². The van der Waals surface area contributed by atoms with Gasteiger partial charge in [0.15, 0.2) is 4.96 Å². The minimum atomic E-state index is 0.612. The second-order valence-corrected chi connectivity index (χ2v) is 6.43. The molecule has 1 N–H and O–H groups in total. The van der Waals surface area contributed by atoms with Gasteiger partial charge < -0.3 is 5.32 Å². The number of thiazole rings is 1. The van der Waals surface area contributed by atoms with Crippen molar-refractivity contribution in [3.05, 3.63) is 22.5 Å². The number of fused-ring (bicyclic) bond motifs is 1. The van der Waals surface area contributed by atoms with Gasteiger partial charge in [-0.15, -0.1) is 11.3 Å². The first-order chi connectivity index (χ1) is 8.65. The van der Waals surface area contributed by atoms with Crippen molar-refractivity contribution in [2.45, 2.75) is 46.6 Å². The van der Waals surface area contributed by atoms with Gasteiger partial charge in [-0.1, -0.05) is 6.92 Å². The molecule has 0 amide bonds. The molecule has 0 aliphatic heterocycles. The van der Waals surface area contributed by atoms with Crippen LogP contribution < -0.4 is 5.32 Å². The third kappa shape index (κ3) is 1.97. The van der Waals surface area contributed by atoms with E-state index < -0.39 is 0 Å². The molecule has 0 spiro atoms. The summed E-state index contributed by atoms with van der Waals surface area (Å²) in [7, 11) is 0. The van der Waals surface area contributed by atoms with Crippen molar-refractivity contribution >= 4 is 16.3 Å². The van der Waals surface area contributed by atoms with Crippen LogP contribution in [0.15, 0.2) is 5.38 Å². The molecule has 1 saturated carbocycles. The lowest BCUT2D eigenvalue weighted by molar-refractivity contribution is 0.441. The number of hydrogen-bond acceptors (Lipinski definition) is 3. The predicted octanol–water partition coefficient (Wildman–Crippen LogP) is 3.29. The van der Waals surface area contributed by atoms with E-state index in [2.05, 4.69) is 40.9 Å². The average molecular weight is 263 g/mol. The summed E-state index contributed by atoms with van der Waals surface area (Å²) >= 11 is 1.73. The summed E-state index contributed by atoms with van der Waals surface area (Å²) in [5, 5.41) is 5.82. The molecule has 98 valence electrons. The molecule has 3 nitrogen and oxygen atoms in total. The van der Waals surface area contributed by atoms with Crippen molar-refractivity contribution in [2.75, 3.05) is 6.54 Å². The molecule has 2 aromatic heterocycles. The number of aromatic nitrogens is 2. The van der Waals surface area contributed by atoms with Gasteiger partial charge in [-0.3, -0.25) is 4.40 Å². The Morgan fingerprint density at radius 1 is 1.44 bits per heavy atom. The zero-order valence-corrected chi connectivity index (χ0v) is 12.2. The van der Waals surface area contributed by atoms with Gasteiger partial charge in [0.25, 0.3) is 0 Å². The SMILES string of the molecule is CCC1(CNCc2c(C)nc3scc(C)n23)CC1. The minimum absolute atomic E-state index is 0.612. The van der Waals surface area contributed by atoms with Gasteiger partial charge in [0.2, 0.25) is 0 Å². The van der Waals surface area contributed by atoms with Crippen LogP contribution in [0.4, 0.5) is 0 Å². The van der Waals surface area contributed by atoms with Crippen LogP contribution in [-0.4, -0.2) is 15.9 Å². The highest BCUT2D eigenvalue weighted by Crippen LogP contribution is 2.47. The summed E-state index contributed by atoms with van der Waals surface area (Å²) in [6.07, 6.45) is 4.10. The summed E-state index contributed by atoms with van der Waals surface area (Å²) in [4.78, 5) is 5.75. The first-order valence-corrected chi connectivity index (χ1v) is 7.66. The smallest absolute Gasteiger partial charge is 0.194 e. The lowest BCUT2D eigenvalue weighted by Crippen LogP contribution is -2.24. The molecule has 4 heteroatoms. The second-order valence-electron chi connectivity index (χ2n) is 5.60. The van der Waals surface area contributed by atoms with Crippen LogP contribution in [0.3, 0.4) is 0 Å². The third-order valence-corrected chi connectivity index (χ3v) is 5.27. The summed E-state index contributed by atoms with van der Waals surface area (Å²) in [5.41, 5.74) is 4.40. The predicted molar refractivity (Wildman–Crippen MR) is 76.2 cm³/mol. The molecule has 0 atom stereocenters. The average Bonchev–Trinajstić information content (AvgIpc) is 2.96. The molecule has 2 aromatic rings. The standard InChI is InChI=1S/C14H21N3S/c1-4-14(5-6-14)9-15-7-12-11(3)16-13-17(12)10(2)8-18-13/h8,15H,4-7,9H2,1-3H3. The maximum absolute atomic E-state index is 4.63.